The van der Waals surface area contributed by atoms with E-state index in [1.165, 1.54) is 185 Å². The maximum absolute atomic E-state index is 6.39. The SMILES string of the molecule is CCCCCCCCCC[N+](C)(CCCCCCCCCC)CCC[Si](OCCC)(OCCC)OCCC.CCCCCCCCC[N+](C)(C)CCC[Si](OCCC)(OCCC)OCCC.[Cl-].[Cl-]. The second-order valence-electron chi connectivity index (χ2n) is 20.9. The molecule has 0 fully saturated rings. The molecule has 0 atom stereocenters. The summed E-state index contributed by atoms with van der Waals surface area (Å²) in [6.45, 7) is 30.7. The average molecular weight is 1050 g/mol. The molecule has 0 heterocycles. The third kappa shape index (κ3) is 46.5. The zero-order chi connectivity index (χ0) is 49.4. The number of unbranched alkanes of at least 4 members (excludes halogenated alkanes) is 20. The standard InChI is InChI=1S/C33H72NO3Si.C23H52NO3Si.2ClH/c1-7-12-14-16-18-20-22-24-27-34(6,28-25-23-21-19-17-15-13-8-2)29-26-33-38(35-30-9-3,36-31-10-4)37-32-11-5;1-7-11-12-13-14-15-16-18-24(5,6)19-17-23-28(25-20-8-2,26-21-9-3)27-22-10-4;;/h7-33H2,1-6H3;7-23H2,1-6H3;2*1H/q2*+1;;/p-2. The first kappa shape index (κ1) is 75.2. The zero-order valence-electron chi connectivity index (χ0n) is 48.2. The van der Waals surface area contributed by atoms with E-state index < -0.39 is 17.6 Å². The van der Waals surface area contributed by atoms with Gasteiger partial charge in [-0.1, -0.05) is 171 Å². The molecule has 0 aromatic carbocycles. The van der Waals surface area contributed by atoms with Crippen LogP contribution in [0.25, 0.3) is 0 Å². The quantitative estimate of drug-likeness (QED) is 0.0344. The lowest BCUT2D eigenvalue weighted by Gasteiger charge is -2.36. The van der Waals surface area contributed by atoms with Gasteiger partial charge in [0.15, 0.2) is 0 Å². The van der Waals surface area contributed by atoms with E-state index in [1.807, 2.05) is 0 Å². The summed E-state index contributed by atoms with van der Waals surface area (Å²) in [6, 6.07) is 1.92. The van der Waals surface area contributed by atoms with Crippen molar-refractivity contribution < 1.29 is 60.3 Å². The minimum atomic E-state index is -2.59. The summed E-state index contributed by atoms with van der Waals surface area (Å²) < 4.78 is 40.2. The Kier molecular flexibility index (Phi) is 59.7. The van der Waals surface area contributed by atoms with Crippen molar-refractivity contribution >= 4 is 17.6 Å². The molecule has 0 amide bonds. The van der Waals surface area contributed by atoms with Crippen molar-refractivity contribution in [3.63, 3.8) is 0 Å². The van der Waals surface area contributed by atoms with Crippen molar-refractivity contribution in [2.75, 3.05) is 93.5 Å². The fraction of sp³-hybridized carbons (Fsp3) is 1.00. The summed E-state index contributed by atoms with van der Waals surface area (Å²) in [5.74, 6) is 0. The van der Waals surface area contributed by atoms with Gasteiger partial charge in [-0.25, -0.2) is 0 Å². The van der Waals surface area contributed by atoms with Gasteiger partial charge in [0.05, 0.1) is 53.9 Å². The molecule has 0 aromatic heterocycles. The van der Waals surface area contributed by atoms with Gasteiger partial charge in [-0.05, 0) is 77.0 Å². The first-order valence-corrected chi connectivity index (χ1v) is 33.3. The summed E-state index contributed by atoms with van der Waals surface area (Å²) in [5, 5.41) is 0. The van der Waals surface area contributed by atoms with Crippen molar-refractivity contribution in [2.45, 2.75) is 273 Å². The Morgan fingerprint density at radius 2 is 0.456 bits per heavy atom. The molecule has 0 rings (SSSR count). The lowest BCUT2D eigenvalue weighted by atomic mass is 10.1. The minimum Gasteiger partial charge on any atom is -1.00 e. The molecule has 0 spiro atoms. The van der Waals surface area contributed by atoms with Crippen molar-refractivity contribution in [1.29, 1.82) is 0 Å². The second-order valence-corrected chi connectivity index (χ2v) is 26.4. The van der Waals surface area contributed by atoms with Gasteiger partial charge in [0.2, 0.25) is 0 Å². The summed E-state index contributed by atoms with van der Waals surface area (Å²) in [5.41, 5.74) is 0. The summed E-state index contributed by atoms with van der Waals surface area (Å²) in [4.78, 5) is 0. The maximum atomic E-state index is 6.39. The molecule has 68 heavy (non-hydrogen) atoms. The maximum Gasteiger partial charge on any atom is 0.501 e. The van der Waals surface area contributed by atoms with Crippen LogP contribution in [0.1, 0.15) is 261 Å². The fourth-order valence-electron chi connectivity index (χ4n) is 8.83. The van der Waals surface area contributed by atoms with Crippen molar-refractivity contribution in [3.8, 4) is 0 Å². The highest BCUT2D eigenvalue weighted by Gasteiger charge is 2.42. The molecular weight excluding hydrogens is 924 g/mol. The van der Waals surface area contributed by atoms with Crippen LogP contribution in [-0.4, -0.2) is 120 Å². The molecular formula is C56H124Cl2N2O6Si2. The van der Waals surface area contributed by atoms with Crippen LogP contribution in [0.2, 0.25) is 12.1 Å². The van der Waals surface area contributed by atoms with E-state index >= 15 is 0 Å². The van der Waals surface area contributed by atoms with Gasteiger partial charge in [-0.2, -0.15) is 0 Å². The smallest absolute Gasteiger partial charge is 0.501 e. The predicted molar refractivity (Wildman–Crippen MR) is 294 cm³/mol. The highest BCUT2D eigenvalue weighted by atomic mass is 35.5. The summed E-state index contributed by atoms with van der Waals surface area (Å²) >= 11 is 0. The lowest BCUT2D eigenvalue weighted by Crippen LogP contribution is -3.00. The molecule has 0 saturated carbocycles. The Bertz CT molecular complexity index is 913. The molecule has 0 radical (unpaired) electrons. The Hall–Kier alpha value is 0.694. The Labute approximate surface area is 442 Å². The van der Waals surface area contributed by atoms with E-state index in [1.54, 1.807) is 0 Å². The molecule has 8 nitrogen and oxygen atoms in total. The summed E-state index contributed by atoms with van der Waals surface area (Å²) in [7, 11) is 2.15. The van der Waals surface area contributed by atoms with E-state index in [9.17, 15) is 0 Å². The molecule has 416 valence electrons. The normalized spacial score (nSPS) is 12.2. The topological polar surface area (TPSA) is 55.4 Å². The second kappa shape index (κ2) is 54.0. The van der Waals surface area contributed by atoms with Gasteiger partial charge in [0.1, 0.15) is 0 Å². The van der Waals surface area contributed by atoms with Crippen LogP contribution >= 0.6 is 0 Å². The van der Waals surface area contributed by atoms with E-state index in [-0.39, 0.29) is 24.8 Å². The van der Waals surface area contributed by atoms with Gasteiger partial charge in [-0.15, -0.1) is 0 Å². The van der Waals surface area contributed by atoms with E-state index in [4.69, 9.17) is 26.6 Å². The third-order valence-electron chi connectivity index (χ3n) is 13.1. The molecule has 0 N–H and O–H groups in total. The monoisotopic (exact) mass is 1050 g/mol. The third-order valence-corrected chi connectivity index (χ3v) is 18.8. The molecule has 0 aromatic rings. The predicted octanol–water partition coefficient (Wildman–Crippen LogP) is 10.8. The first-order chi connectivity index (χ1) is 32.0. The van der Waals surface area contributed by atoms with Crippen molar-refractivity contribution in [3.05, 3.63) is 0 Å². The first-order valence-electron chi connectivity index (χ1n) is 29.5. The molecule has 0 aliphatic heterocycles. The Balaban J connectivity index is -0.000000611. The highest BCUT2D eigenvalue weighted by molar-refractivity contribution is 6.61. The number of quaternary nitrogens is 2. The van der Waals surface area contributed by atoms with Crippen LogP contribution in [0.15, 0.2) is 0 Å². The molecule has 0 bridgehead atoms. The van der Waals surface area contributed by atoms with Crippen LogP contribution in [0.4, 0.5) is 0 Å². The number of nitrogens with zero attached hydrogens (tertiary/aromatic N) is 2. The van der Waals surface area contributed by atoms with E-state index in [0.717, 1.165) is 108 Å². The number of hydrogen-bond acceptors (Lipinski definition) is 6. The fourth-order valence-corrected chi connectivity index (χ4v) is 14.5. The minimum absolute atomic E-state index is 0. The van der Waals surface area contributed by atoms with Crippen LogP contribution in [0.3, 0.4) is 0 Å². The van der Waals surface area contributed by atoms with Gasteiger partial charge in [0, 0.05) is 64.6 Å². The van der Waals surface area contributed by atoms with Crippen LogP contribution in [-0.2, 0) is 26.6 Å². The molecule has 12 heteroatoms. The Morgan fingerprint density at radius 3 is 0.721 bits per heavy atom. The zero-order valence-corrected chi connectivity index (χ0v) is 51.7. The lowest BCUT2D eigenvalue weighted by molar-refractivity contribution is -0.910. The largest absolute Gasteiger partial charge is 1.00 e. The van der Waals surface area contributed by atoms with Crippen molar-refractivity contribution in [2.24, 2.45) is 0 Å². The Morgan fingerprint density at radius 1 is 0.250 bits per heavy atom. The van der Waals surface area contributed by atoms with Gasteiger partial charge >= 0.3 is 17.6 Å². The van der Waals surface area contributed by atoms with E-state index in [2.05, 4.69) is 83.5 Å². The van der Waals surface area contributed by atoms with E-state index in [0.29, 0.717) is 0 Å². The van der Waals surface area contributed by atoms with Crippen molar-refractivity contribution in [1.82, 2.24) is 0 Å². The average Bonchev–Trinajstić information content (AvgIpc) is 3.31. The number of rotatable bonds is 52. The van der Waals surface area contributed by atoms with Gasteiger partial charge in [0.25, 0.3) is 0 Å². The van der Waals surface area contributed by atoms with Gasteiger partial charge in [-0.3, -0.25) is 0 Å². The summed E-state index contributed by atoms with van der Waals surface area (Å²) in [6.07, 6.45) is 40.5. The molecule has 0 unspecified atom stereocenters. The highest BCUT2D eigenvalue weighted by Crippen LogP contribution is 2.24. The molecule has 0 aliphatic rings. The van der Waals surface area contributed by atoms with Crippen LogP contribution in [0.5, 0.6) is 0 Å². The molecule has 0 aliphatic carbocycles. The van der Waals surface area contributed by atoms with Crippen LogP contribution < -0.4 is 24.8 Å². The van der Waals surface area contributed by atoms with Crippen LogP contribution in [0, 0.1) is 0 Å². The number of hydrogen-bond donors (Lipinski definition) is 0. The molecule has 0 saturated heterocycles. The number of halogens is 2. The van der Waals surface area contributed by atoms with Gasteiger partial charge < -0.3 is 60.3 Å².